The van der Waals surface area contributed by atoms with Gasteiger partial charge >= 0.3 is 0 Å². The number of rotatable bonds is 5. The Morgan fingerprint density at radius 1 is 1.20 bits per heavy atom. The number of hydrogen-bond donors (Lipinski definition) is 2. The molecule has 4 heteroatoms. The molecule has 0 radical (unpaired) electrons. The van der Waals surface area contributed by atoms with Crippen molar-refractivity contribution in [2.45, 2.75) is 25.9 Å². The van der Waals surface area contributed by atoms with E-state index in [4.69, 9.17) is 0 Å². The third kappa shape index (κ3) is 2.70. The van der Waals surface area contributed by atoms with Gasteiger partial charge in [0.2, 0.25) is 0 Å². The number of para-hydroxylation sites is 1. The second kappa shape index (κ2) is 5.84. The van der Waals surface area contributed by atoms with Crippen LogP contribution in [0, 0.1) is 0 Å². The number of H-pyrrole nitrogens is 1. The largest absolute Gasteiger partial charge is 0.347 e. The van der Waals surface area contributed by atoms with Crippen LogP contribution in [-0.2, 0) is 6.54 Å². The van der Waals surface area contributed by atoms with E-state index >= 15 is 0 Å². The molecule has 0 aliphatic carbocycles. The van der Waals surface area contributed by atoms with Gasteiger partial charge in [0.25, 0.3) is 0 Å². The molecule has 102 valence electrons. The molecule has 0 amide bonds. The van der Waals surface area contributed by atoms with Crippen molar-refractivity contribution in [1.82, 2.24) is 20.3 Å². The van der Waals surface area contributed by atoms with Gasteiger partial charge in [0.1, 0.15) is 5.82 Å². The first-order valence-electron chi connectivity index (χ1n) is 6.94. The van der Waals surface area contributed by atoms with Gasteiger partial charge in [-0.2, -0.15) is 0 Å². The average molecular weight is 266 g/mol. The molecule has 0 aliphatic rings. The number of aromatic amines is 1. The van der Waals surface area contributed by atoms with Gasteiger partial charge in [-0.05, 0) is 18.6 Å². The first-order chi connectivity index (χ1) is 9.86. The lowest BCUT2D eigenvalue weighted by atomic mass is 10.2. The van der Waals surface area contributed by atoms with E-state index in [1.807, 2.05) is 24.4 Å². The Labute approximate surface area is 118 Å². The maximum absolute atomic E-state index is 4.67. The van der Waals surface area contributed by atoms with E-state index in [1.54, 1.807) is 6.20 Å². The number of nitrogens with one attached hydrogen (secondary N) is 2. The van der Waals surface area contributed by atoms with E-state index in [-0.39, 0.29) is 6.04 Å². The van der Waals surface area contributed by atoms with Crippen molar-refractivity contribution in [1.29, 1.82) is 0 Å². The van der Waals surface area contributed by atoms with Crippen molar-refractivity contribution < 1.29 is 0 Å². The number of nitrogens with zero attached hydrogens (tertiary/aromatic N) is 2. The molecule has 2 aromatic heterocycles. The highest BCUT2D eigenvalue weighted by Crippen LogP contribution is 2.14. The SMILES string of the molecule is CCC(NCc1ccc2ccccc2n1)c1ncc[nH]1. The summed E-state index contributed by atoms with van der Waals surface area (Å²) in [5.74, 6) is 0.980. The number of fused-ring (bicyclic) bond motifs is 1. The topological polar surface area (TPSA) is 53.6 Å². The van der Waals surface area contributed by atoms with E-state index in [9.17, 15) is 0 Å². The quantitative estimate of drug-likeness (QED) is 0.745. The molecule has 4 nitrogen and oxygen atoms in total. The average Bonchev–Trinajstić information content (AvgIpc) is 3.02. The van der Waals surface area contributed by atoms with E-state index < -0.39 is 0 Å². The summed E-state index contributed by atoms with van der Waals surface area (Å²) in [6, 6.07) is 12.6. The van der Waals surface area contributed by atoms with Crippen LogP contribution in [0.25, 0.3) is 10.9 Å². The molecular weight excluding hydrogens is 248 g/mol. The van der Waals surface area contributed by atoms with Crippen molar-refractivity contribution in [2.75, 3.05) is 0 Å². The maximum Gasteiger partial charge on any atom is 0.123 e. The molecular formula is C16H18N4. The van der Waals surface area contributed by atoms with Crippen LogP contribution in [0.15, 0.2) is 48.8 Å². The smallest absolute Gasteiger partial charge is 0.123 e. The summed E-state index contributed by atoms with van der Waals surface area (Å²) < 4.78 is 0. The third-order valence-electron chi connectivity index (χ3n) is 3.44. The van der Waals surface area contributed by atoms with Crippen LogP contribution < -0.4 is 5.32 Å². The predicted molar refractivity (Wildman–Crippen MR) is 80.2 cm³/mol. The molecule has 2 heterocycles. The van der Waals surface area contributed by atoms with Crippen LogP contribution in [0.1, 0.15) is 30.9 Å². The van der Waals surface area contributed by atoms with Crippen molar-refractivity contribution in [3.05, 3.63) is 60.3 Å². The minimum atomic E-state index is 0.235. The lowest BCUT2D eigenvalue weighted by Crippen LogP contribution is -2.21. The fourth-order valence-electron chi connectivity index (χ4n) is 2.34. The van der Waals surface area contributed by atoms with Gasteiger partial charge in [0, 0.05) is 24.3 Å². The molecule has 20 heavy (non-hydrogen) atoms. The molecule has 3 aromatic rings. The van der Waals surface area contributed by atoms with Gasteiger partial charge in [-0.3, -0.25) is 4.98 Å². The minimum absolute atomic E-state index is 0.235. The van der Waals surface area contributed by atoms with Gasteiger partial charge in [-0.1, -0.05) is 31.2 Å². The van der Waals surface area contributed by atoms with Crippen LogP contribution in [0.4, 0.5) is 0 Å². The highest BCUT2D eigenvalue weighted by atomic mass is 15.0. The molecule has 0 saturated heterocycles. The van der Waals surface area contributed by atoms with Crippen molar-refractivity contribution in [2.24, 2.45) is 0 Å². The Kier molecular flexibility index (Phi) is 3.74. The van der Waals surface area contributed by atoms with Crippen LogP contribution in [0.2, 0.25) is 0 Å². The first kappa shape index (κ1) is 12.8. The molecule has 0 aliphatic heterocycles. The zero-order chi connectivity index (χ0) is 13.8. The number of benzene rings is 1. The zero-order valence-corrected chi connectivity index (χ0v) is 11.5. The van der Waals surface area contributed by atoms with E-state index in [0.717, 1.165) is 30.0 Å². The Morgan fingerprint density at radius 2 is 2.10 bits per heavy atom. The molecule has 1 unspecified atom stereocenters. The number of imidazole rings is 1. The predicted octanol–water partition coefficient (Wildman–Crippen LogP) is 3.20. The van der Waals surface area contributed by atoms with E-state index in [1.165, 1.54) is 5.39 Å². The lowest BCUT2D eigenvalue weighted by Gasteiger charge is -2.14. The van der Waals surface area contributed by atoms with Gasteiger partial charge in [-0.15, -0.1) is 0 Å². The Bertz CT molecular complexity index is 676. The number of pyridine rings is 1. The van der Waals surface area contributed by atoms with Crippen LogP contribution in [0.3, 0.4) is 0 Å². The molecule has 1 aromatic carbocycles. The van der Waals surface area contributed by atoms with Crippen LogP contribution in [-0.4, -0.2) is 15.0 Å². The van der Waals surface area contributed by atoms with Gasteiger partial charge < -0.3 is 10.3 Å². The summed E-state index contributed by atoms with van der Waals surface area (Å²) in [4.78, 5) is 12.1. The molecule has 0 fully saturated rings. The molecule has 1 atom stereocenters. The van der Waals surface area contributed by atoms with Gasteiger partial charge in [0.05, 0.1) is 17.3 Å². The van der Waals surface area contributed by atoms with E-state index in [2.05, 4.69) is 45.4 Å². The molecule has 0 bridgehead atoms. The highest BCUT2D eigenvalue weighted by molar-refractivity contribution is 5.78. The lowest BCUT2D eigenvalue weighted by molar-refractivity contribution is 0.494. The second-order valence-electron chi connectivity index (χ2n) is 4.81. The zero-order valence-electron chi connectivity index (χ0n) is 11.5. The molecule has 0 saturated carbocycles. The minimum Gasteiger partial charge on any atom is -0.347 e. The fraction of sp³-hybridized carbons (Fsp3) is 0.250. The van der Waals surface area contributed by atoms with E-state index in [0.29, 0.717) is 0 Å². The van der Waals surface area contributed by atoms with Gasteiger partial charge in [0.15, 0.2) is 0 Å². The molecule has 0 spiro atoms. The summed E-state index contributed by atoms with van der Waals surface area (Å²) in [5.41, 5.74) is 2.09. The van der Waals surface area contributed by atoms with Crippen molar-refractivity contribution >= 4 is 10.9 Å². The second-order valence-corrected chi connectivity index (χ2v) is 4.81. The highest BCUT2D eigenvalue weighted by Gasteiger charge is 2.10. The first-order valence-corrected chi connectivity index (χ1v) is 6.94. The number of aromatic nitrogens is 3. The Balaban J connectivity index is 1.73. The van der Waals surface area contributed by atoms with Crippen molar-refractivity contribution in [3.8, 4) is 0 Å². The standard InChI is InChI=1S/C16H18N4/c1-2-14(16-17-9-10-18-16)19-11-13-8-7-12-5-3-4-6-15(12)20-13/h3-10,14,19H,2,11H2,1H3,(H,17,18). The third-order valence-corrected chi connectivity index (χ3v) is 3.44. The van der Waals surface area contributed by atoms with Crippen LogP contribution in [0.5, 0.6) is 0 Å². The Hall–Kier alpha value is -2.20. The molecule has 3 rings (SSSR count). The van der Waals surface area contributed by atoms with Gasteiger partial charge in [-0.25, -0.2) is 4.98 Å². The monoisotopic (exact) mass is 266 g/mol. The summed E-state index contributed by atoms with van der Waals surface area (Å²) in [7, 11) is 0. The van der Waals surface area contributed by atoms with Crippen molar-refractivity contribution in [3.63, 3.8) is 0 Å². The number of hydrogen-bond acceptors (Lipinski definition) is 3. The normalized spacial score (nSPS) is 12.7. The summed E-state index contributed by atoms with van der Waals surface area (Å²) in [6.45, 7) is 2.89. The maximum atomic E-state index is 4.67. The molecule has 2 N–H and O–H groups in total. The summed E-state index contributed by atoms with van der Waals surface area (Å²) >= 11 is 0. The van der Waals surface area contributed by atoms with Crippen LogP contribution >= 0.6 is 0 Å². The fourth-order valence-corrected chi connectivity index (χ4v) is 2.34. The Morgan fingerprint density at radius 3 is 2.90 bits per heavy atom. The summed E-state index contributed by atoms with van der Waals surface area (Å²) in [5, 5.41) is 4.67. The summed E-state index contributed by atoms with van der Waals surface area (Å²) in [6.07, 6.45) is 4.63.